The van der Waals surface area contributed by atoms with E-state index in [0.717, 1.165) is 16.7 Å². The molecule has 4 aromatic carbocycles. The standard InChI is InChI=1S/C35H38O8S/c1-38-35-34(41-24-29-18-10-4-11-19-29)33(40-23-28-16-8-3-9-17-28)32(39-22-27-14-6-2-7-15-27)31(43-35)25-42-44(36,37)26-30-20-12-5-13-21-30/h2-21,31-35H,22-26H2,1H3/t31-,32-,33+,34+,35+/m1/s1. The molecule has 0 radical (unpaired) electrons. The molecule has 0 aromatic heterocycles. The van der Waals surface area contributed by atoms with Crippen LogP contribution in [0.25, 0.3) is 0 Å². The van der Waals surface area contributed by atoms with E-state index in [4.69, 9.17) is 27.9 Å². The van der Waals surface area contributed by atoms with E-state index in [1.165, 1.54) is 7.11 Å². The number of benzene rings is 4. The van der Waals surface area contributed by atoms with Gasteiger partial charge in [-0.1, -0.05) is 121 Å². The lowest BCUT2D eigenvalue weighted by molar-refractivity contribution is -0.320. The van der Waals surface area contributed by atoms with Crippen molar-refractivity contribution in [3.8, 4) is 0 Å². The van der Waals surface area contributed by atoms with Gasteiger partial charge in [0.1, 0.15) is 30.2 Å². The summed E-state index contributed by atoms with van der Waals surface area (Å²) in [6, 6.07) is 38.2. The molecular formula is C35H38O8S. The number of rotatable bonds is 15. The Balaban J connectivity index is 1.40. The second kappa shape index (κ2) is 16.1. The Labute approximate surface area is 259 Å². The smallest absolute Gasteiger partial charge is 0.271 e. The molecule has 5 atom stereocenters. The van der Waals surface area contributed by atoms with Crippen LogP contribution in [0.1, 0.15) is 22.3 Å². The fourth-order valence-corrected chi connectivity index (χ4v) is 6.09. The predicted octanol–water partition coefficient (Wildman–Crippen LogP) is 5.66. The average molecular weight is 619 g/mol. The maximum absolute atomic E-state index is 13.0. The van der Waals surface area contributed by atoms with Gasteiger partial charge in [-0.2, -0.15) is 8.42 Å². The van der Waals surface area contributed by atoms with Crippen LogP contribution in [0, 0.1) is 0 Å². The molecule has 44 heavy (non-hydrogen) atoms. The van der Waals surface area contributed by atoms with Gasteiger partial charge in [0, 0.05) is 7.11 Å². The van der Waals surface area contributed by atoms with Gasteiger partial charge < -0.3 is 23.7 Å². The normalized spacial score (nSPS) is 22.1. The second-order valence-corrected chi connectivity index (χ2v) is 12.2. The first-order valence-electron chi connectivity index (χ1n) is 14.6. The molecule has 0 bridgehead atoms. The summed E-state index contributed by atoms with van der Waals surface area (Å²) in [5, 5.41) is 0. The molecule has 8 nitrogen and oxygen atoms in total. The van der Waals surface area contributed by atoms with Crippen LogP contribution < -0.4 is 0 Å². The minimum absolute atomic E-state index is 0.246. The third-order valence-electron chi connectivity index (χ3n) is 7.28. The van der Waals surface area contributed by atoms with Gasteiger partial charge in [0.2, 0.25) is 0 Å². The molecule has 0 N–H and O–H groups in total. The highest BCUT2D eigenvalue weighted by Crippen LogP contribution is 2.31. The van der Waals surface area contributed by atoms with Crippen molar-refractivity contribution in [1.29, 1.82) is 0 Å². The summed E-state index contributed by atoms with van der Waals surface area (Å²) in [6.45, 7) is 0.525. The Morgan fingerprint density at radius 1 is 0.568 bits per heavy atom. The fraction of sp³-hybridized carbons (Fsp3) is 0.314. The van der Waals surface area contributed by atoms with Gasteiger partial charge in [0.15, 0.2) is 6.29 Å². The molecule has 4 aromatic rings. The zero-order valence-corrected chi connectivity index (χ0v) is 25.5. The van der Waals surface area contributed by atoms with Gasteiger partial charge in [0.25, 0.3) is 10.1 Å². The zero-order chi connectivity index (χ0) is 30.6. The van der Waals surface area contributed by atoms with Crippen molar-refractivity contribution in [3.05, 3.63) is 144 Å². The molecule has 1 aliphatic rings. The van der Waals surface area contributed by atoms with E-state index in [0.29, 0.717) is 5.56 Å². The minimum atomic E-state index is -3.93. The lowest BCUT2D eigenvalue weighted by Gasteiger charge is -2.45. The van der Waals surface area contributed by atoms with E-state index < -0.39 is 40.8 Å². The van der Waals surface area contributed by atoms with Gasteiger partial charge >= 0.3 is 0 Å². The molecule has 0 aliphatic carbocycles. The van der Waals surface area contributed by atoms with Crippen molar-refractivity contribution in [2.24, 2.45) is 0 Å². The van der Waals surface area contributed by atoms with Gasteiger partial charge in [-0.05, 0) is 22.3 Å². The van der Waals surface area contributed by atoms with Crippen molar-refractivity contribution in [2.45, 2.75) is 56.3 Å². The third kappa shape index (κ3) is 9.30. The van der Waals surface area contributed by atoms with E-state index in [1.807, 2.05) is 97.1 Å². The maximum atomic E-state index is 13.0. The summed E-state index contributed by atoms with van der Waals surface area (Å²) in [7, 11) is -2.41. The first-order chi connectivity index (χ1) is 21.5. The van der Waals surface area contributed by atoms with Gasteiger partial charge in [-0.3, -0.25) is 4.18 Å². The van der Waals surface area contributed by atoms with Crippen molar-refractivity contribution in [2.75, 3.05) is 13.7 Å². The average Bonchev–Trinajstić information content (AvgIpc) is 3.06. The number of ether oxygens (including phenoxy) is 5. The van der Waals surface area contributed by atoms with Gasteiger partial charge in [0.05, 0.1) is 26.4 Å². The molecule has 232 valence electrons. The fourth-order valence-electron chi connectivity index (χ4n) is 5.06. The Morgan fingerprint density at radius 3 is 1.43 bits per heavy atom. The van der Waals surface area contributed by atoms with Crippen LogP contribution >= 0.6 is 0 Å². The van der Waals surface area contributed by atoms with Crippen LogP contribution in [-0.2, 0) is 63.6 Å². The summed E-state index contributed by atoms with van der Waals surface area (Å²) in [6.07, 6.45) is -3.85. The van der Waals surface area contributed by atoms with E-state index in [2.05, 4.69) is 0 Å². The van der Waals surface area contributed by atoms with Crippen LogP contribution in [0.4, 0.5) is 0 Å². The maximum Gasteiger partial charge on any atom is 0.271 e. The molecule has 1 fully saturated rings. The second-order valence-electron chi connectivity index (χ2n) is 10.5. The van der Waals surface area contributed by atoms with Crippen LogP contribution in [0.5, 0.6) is 0 Å². The first-order valence-corrected chi connectivity index (χ1v) is 16.1. The summed E-state index contributed by atoms with van der Waals surface area (Å²) in [5.41, 5.74) is 3.52. The number of hydrogen-bond acceptors (Lipinski definition) is 8. The van der Waals surface area contributed by atoms with E-state index >= 15 is 0 Å². The molecule has 9 heteroatoms. The SMILES string of the molecule is CO[C@H]1O[C@H](COS(=O)(=O)Cc2ccccc2)[C@@H](OCc2ccccc2)[C@H](OCc2ccccc2)[C@@H]1OCc1ccccc1. The molecule has 5 rings (SSSR count). The minimum Gasteiger partial charge on any atom is -0.368 e. The molecular weight excluding hydrogens is 580 g/mol. The Morgan fingerprint density at radius 2 is 0.977 bits per heavy atom. The largest absolute Gasteiger partial charge is 0.368 e. The third-order valence-corrected chi connectivity index (χ3v) is 8.46. The van der Waals surface area contributed by atoms with Crippen molar-refractivity contribution in [1.82, 2.24) is 0 Å². The van der Waals surface area contributed by atoms with Crippen LogP contribution in [0.2, 0.25) is 0 Å². The van der Waals surface area contributed by atoms with E-state index in [9.17, 15) is 8.42 Å². The molecule has 1 aliphatic heterocycles. The summed E-state index contributed by atoms with van der Waals surface area (Å²) < 4.78 is 63.0. The monoisotopic (exact) mass is 618 g/mol. The Bertz CT molecular complexity index is 1490. The lowest BCUT2D eigenvalue weighted by atomic mass is 9.98. The summed E-state index contributed by atoms with van der Waals surface area (Å²) in [5.74, 6) is -0.263. The first kappa shape index (κ1) is 32.0. The molecule has 1 heterocycles. The number of methoxy groups -OCH3 is 1. The van der Waals surface area contributed by atoms with E-state index in [-0.39, 0.29) is 32.2 Å². The molecule has 0 saturated carbocycles. The number of hydrogen-bond donors (Lipinski definition) is 0. The van der Waals surface area contributed by atoms with Crippen molar-refractivity contribution in [3.63, 3.8) is 0 Å². The van der Waals surface area contributed by atoms with Gasteiger partial charge in [-0.25, -0.2) is 0 Å². The Kier molecular flexibility index (Phi) is 11.7. The zero-order valence-electron chi connectivity index (χ0n) is 24.6. The predicted molar refractivity (Wildman–Crippen MR) is 166 cm³/mol. The topological polar surface area (TPSA) is 89.5 Å². The van der Waals surface area contributed by atoms with Crippen LogP contribution in [0.15, 0.2) is 121 Å². The highest BCUT2D eigenvalue weighted by molar-refractivity contribution is 7.85. The Hall–Kier alpha value is -3.41. The lowest BCUT2D eigenvalue weighted by Crippen LogP contribution is -2.61. The van der Waals surface area contributed by atoms with E-state index in [1.54, 1.807) is 24.3 Å². The summed E-state index contributed by atoms with van der Waals surface area (Å²) >= 11 is 0. The van der Waals surface area contributed by atoms with Crippen molar-refractivity contribution >= 4 is 10.1 Å². The van der Waals surface area contributed by atoms with Crippen LogP contribution in [0.3, 0.4) is 0 Å². The molecule has 1 saturated heterocycles. The van der Waals surface area contributed by atoms with Crippen molar-refractivity contribution < 1.29 is 36.3 Å². The molecule has 0 spiro atoms. The quantitative estimate of drug-likeness (QED) is 0.158. The molecule has 0 unspecified atom stereocenters. The highest BCUT2D eigenvalue weighted by atomic mass is 32.2. The molecule has 0 amide bonds. The van der Waals surface area contributed by atoms with Gasteiger partial charge in [-0.15, -0.1) is 0 Å². The highest BCUT2D eigenvalue weighted by Gasteiger charge is 2.49. The summed E-state index contributed by atoms with van der Waals surface area (Å²) in [4.78, 5) is 0. The van der Waals surface area contributed by atoms with Crippen LogP contribution in [-0.4, -0.2) is 52.8 Å².